The van der Waals surface area contributed by atoms with Crippen molar-refractivity contribution < 1.29 is 22.7 Å². The van der Waals surface area contributed by atoms with E-state index in [-0.39, 0.29) is 27.6 Å². The molecule has 0 saturated carbocycles. The third-order valence-electron chi connectivity index (χ3n) is 4.73. The molecular weight excluding hydrogens is 398 g/mol. The molecule has 3 nitrogen and oxygen atoms in total. The normalized spacial score (nSPS) is 11.8. The molecule has 150 valence electrons. The zero-order chi connectivity index (χ0) is 21.6. The molecule has 1 N–H and O–H groups in total. The molecule has 0 amide bonds. The van der Waals surface area contributed by atoms with Crippen LogP contribution in [0.1, 0.15) is 11.1 Å². The van der Waals surface area contributed by atoms with Crippen LogP contribution in [0, 0.1) is 12.7 Å². The standard InChI is InChI=1S/C23H13F4NO2/c1-13-3-2-4-15(9-13)28-12-19(18-11-16(29)6-7-17(18)22(28)30)14-5-8-20(21(24)10-14)23(25,26)27/h1-12,29H. The van der Waals surface area contributed by atoms with Gasteiger partial charge in [0.25, 0.3) is 5.56 Å². The fraction of sp³-hybridized carbons (Fsp3) is 0.0435. The lowest BCUT2D eigenvalue weighted by Gasteiger charge is -2.15. The van der Waals surface area contributed by atoms with Crippen LogP contribution in [0.15, 0.2) is 71.7 Å². The Kier molecular flexibility index (Phi) is 4.61. The molecule has 0 fully saturated rings. The summed E-state index contributed by atoms with van der Waals surface area (Å²) in [6.07, 6.45) is -3.44. The largest absolute Gasteiger partial charge is 0.508 e. The molecule has 3 aromatic carbocycles. The number of benzene rings is 3. The Labute approximate surface area is 168 Å². The molecule has 0 aliphatic carbocycles. The van der Waals surface area contributed by atoms with Gasteiger partial charge in [0.2, 0.25) is 0 Å². The van der Waals surface area contributed by atoms with E-state index in [2.05, 4.69) is 0 Å². The first-order valence-electron chi connectivity index (χ1n) is 8.76. The first-order chi connectivity index (χ1) is 14.1. The topological polar surface area (TPSA) is 42.2 Å². The van der Waals surface area contributed by atoms with Gasteiger partial charge in [-0.05, 0) is 60.5 Å². The number of hydrogen-bond donors (Lipinski definition) is 1. The fourth-order valence-corrected chi connectivity index (χ4v) is 3.34. The van der Waals surface area contributed by atoms with E-state index < -0.39 is 23.1 Å². The Morgan fingerprint density at radius 1 is 0.933 bits per heavy atom. The summed E-state index contributed by atoms with van der Waals surface area (Å²) < 4.78 is 54.3. The Balaban J connectivity index is 2.04. The maximum Gasteiger partial charge on any atom is 0.419 e. The summed E-state index contributed by atoms with van der Waals surface area (Å²) in [7, 11) is 0. The van der Waals surface area contributed by atoms with Gasteiger partial charge in [-0.2, -0.15) is 13.2 Å². The van der Waals surface area contributed by atoms with Gasteiger partial charge in [-0.25, -0.2) is 4.39 Å². The second-order valence-electron chi connectivity index (χ2n) is 6.74. The molecule has 0 unspecified atom stereocenters. The molecule has 0 aliphatic heterocycles. The van der Waals surface area contributed by atoms with Crippen molar-refractivity contribution in [2.24, 2.45) is 0 Å². The van der Waals surface area contributed by atoms with Gasteiger partial charge in [0.15, 0.2) is 0 Å². The molecule has 4 rings (SSSR count). The summed E-state index contributed by atoms with van der Waals surface area (Å²) >= 11 is 0. The van der Waals surface area contributed by atoms with Gasteiger partial charge in [0, 0.05) is 28.2 Å². The lowest BCUT2D eigenvalue weighted by Crippen LogP contribution is -2.18. The Morgan fingerprint density at radius 3 is 2.37 bits per heavy atom. The van der Waals surface area contributed by atoms with Crippen LogP contribution in [-0.2, 0) is 6.18 Å². The van der Waals surface area contributed by atoms with Crippen LogP contribution < -0.4 is 5.56 Å². The number of hydrogen-bond acceptors (Lipinski definition) is 2. The van der Waals surface area contributed by atoms with Crippen molar-refractivity contribution in [2.45, 2.75) is 6.18 Å². The Hall–Kier alpha value is -3.61. The first-order valence-corrected chi connectivity index (χ1v) is 8.76. The van der Waals surface area contributed by atoms with E-state index in [4.69, 9.17) is 6.92 Å². The highest BCUT2D eigenvalue weighted by Gasteiger charge is 2.34. The average molecular weight is 411 g/mol. The second-order valence-corrected chi connectivity index (χ2v) is 6.74. The number of phenolic OH excluding ortho intramolecular Hbond substituents is 1. The van der Waals surface area contributed by atoms with Gasteiger partial charge < -0.3 is 5.11 Å². The minimum absolute atomic E-state index is 0.119. The quantitative estimate of drug-likeness (QED) is 0.438. The maximum absolute atomic E-state index is 14.2. The molecule has 0 aliphatic rings. The number of halogens is 4. The SMILES string of the molecule is [CH]c1cccc(-n2cc(-c3ccc(C(F)(F)F)c(F)c3)c3cc(O)ccc3c2=O)c1. The van der Waals surface area contributed by atoms with Crippen molar-refractivity contribution in [3.63, 3.8) is 0 Å². The molecule has 0 spiro atoms. The lowest BCUT2D eigenvalue weighted by atomic mass is 9.98. The van der Waals surface area contributed by atoms with Crippen molar-refractivity contribution >= 4 is 10.8 Å². The molecule has 4 aromatic rings. The average Bonchev–Trinajstić information content (AvgIpc) is 2.67. The fourth-order valence-electron chi connectivity index (χ4n) is 3.34. The highest BCUT2D eigenvalue weighted by Crippen LogP contribution is 2.35. The van der Waals surface area contributed by atoms with E-state index in [1.165, 1.54) is 29.0 Å². The second kappa shape index (κ2) is 7.02. The van der Waals surface area contributed by atoms with Gasteiger partial charge in [-0.1, -0.05) is 18.2 Å². The number of phenols is 1. The van der Waals surface area contributed by atoms with Gasteiger partial charge in [0.05, 0.1) is 5.56 Å². The number of nitrogens with zero attached hydrogens (tertiary/aromatic N) is 1. The highest BCUT2D eigenvalue weighted by atomic mass is 19.4. The van der Waals surface area contributed by atoms with E-state index in [1.54, 1.807) is 24.3 Å². The molecular formula is C23H13F4NO2. The summed E-state index contributed by atoms with van der Waals surface area (Å²) in [5.41, 5.74) is -0.575. The number of pyridine rings is 1. The van der Waals surface area contributed by atoms with Crippen LogP contribution in [0.25, 0.3) is 27.6 Å². The summed E-state index contributed by atoms with van der Waals surface area (Å²) in [6, 6.07) is 13.1. The highest BCUT2D eigenvalue weighted by molar-refractivity contribution is 5.97. The van der Waals surface area contributed by atoms with Crippen LogP contribution in [-0.4, -0.2) is 9.67 Å². The van der Waals surface area contributed by atoms with E-state index in [0.717, 1.165) is 12.1 Å². The number of aromatic hydroxyl groups is 1. The van der Waals surface area contributed by atoms with Gasteiger partial charge in [-0.3, -0.25) is 9.36 Å². The maximum atomic E-state index is 14.2. The Morgan fingerprint density at radius 2 is 1.70 bits per heavy atom. The first kappa shape index (κ1) is 19.7. The lowest BCUT2D eigenvalue weighted by molar-refractivity contribution is -0.139. The van der Waals surface area contributed by atoms with Crippen LogP contribution in [0.5, 0.6) is 5.75 Å². The monoisotopic (exact) mass is 411 g/mol. The van der Waals surface area contributed by atoms with Crippen LogP contribution in [0.2, 0.25) is 0 Å². The minimum atomic E-state index is -4.83. The number of rotatable bonds is 2. The molecule has 0 atom stereocenters. The number of alkyl halides is 3. The number of aromatic nitrogens is 1. The van der Waals surface area contributed by atoms with Crippen LogP contribution in [0.3, 0.4) is 0 Å². The van der Waals surface area contributed by atoms with E-state index in [1.807, 2.05) is 0 Å². The van der Waals surface area contributed by atoms with Crippen molar-refractivity contribution in [3.05, 3.63) is 101 Å². The third-order valence-corrected chi connectivity index (χ3v) is 4.73. The van der Waals surface area contributed by atoms with E-state index in [0.29, 0.717) is 17.3 Å². The molecule has 0 saturated heterocycles. The molecule has 2 radical (unpaired) electrons. The third kappa shape index (κ3) is 3.43. The smallest absolute Gasteiger partial charge is 0.419 e. The number of fused-ring (bicyclic) bond motifs is 1. The predicted molar refractivity (Wildman–Crippen MR) is 105 cm³/mol. The predicted octanol–water partition coefficient (Wildman–Crippen LogP) is 5.58. The zero-order valence-electron chi connectivity index (χ0n) is 15.2. The van der Waals surface area contributed by atoms with E-state index >= 15 is 0 Å². The molecule has 30 heavy (non-hydrogen) atoms. The molecule has 0 bridgehead atoms. The zero-order valence-corrected chi connectivity index (χ0v) is 15.2. The van der Waals surface area contributed by atoms with Gasteiger partial charge in [-0.15, -0.1) is 0 Å². The van der Waals surface area contributed by atoms with Crippen molar-refractivity contribution in [1.82, 2.24) is 4.57 Å². The van der Waals surface area contributed by atoms with Crippen LogP contribution in [0.4, 0.5) is 17.6 Å². The molecule has 1 aromatic heterocycles. The minimum Gasteiger partial charge on any atom is -0.508 e. The van der Waals surface area contributed by atoms with Gasteiger partial charge >= 0.3 is 6.18 Å². The van der Waals surface area contributed by atoms with E-state index in [9.17, 15) is 27.5 Å². The van der Waals surface area contributed by atoms with Gasteiger partial charge in [0.1, 0.15) is 11.6 Å². The molecule has 7 heteroatoms. The van der Waals surface area contributed by atoms with Crippen molar-refractivity contribution in [1.29, 1.82) is 0 Å². The Bertz CT molecular complexity index is 1340. The summed E-state index contributed by atoms with van der Waals surface area (Å²) in [6.45, 7) is 5.80. The van der Waals surface area contributed by atoms with Crippen molar-refractivity contribution in [2.75, 3.05) is 0 Å². The summed E-state index contributed by atoms with van der Waals surface area (Å²) in [5.74, 6) is -1.58. The summed E-state index contributed by atoms with van der Waals surface area (Å²) in [5, 5.41) is 10.4. The van der Waals surface area contributed by atoms with Crippen molar-refractivity contribution in [3.8, 4) is 22.6 Å². The summed E-state index contributed by atoms with van der Waals surface area (Å²) in [4.78, 5) is 13.0. The van der Waals surface area contributed by atoms with Crippen LogP contribution >= 0.6 is 0 Å². The molecule has 1 heterocycles.